The van der Waals surface area contributed by atoms with Crippen LogP contribution >= 0.6 is 0 Å². The van der Waals surface area contributed by atoms with E-state index in [-0.39, 0.29) is 5.91 Å². The summed E-state index contributed by atoms with van der Waals surface area (Å²) in [5.41, 5.74) is 0.428. The lowest BCUT2D eigenvalue weighted by Gasteiger charge is -2.14. The third-order valence-corrected chi connectivity index (χ3v) is 2.34. The summed E-state index contributed by atoms with van der Waals surface area (Å²) in [4.78, 5) is 23.2. The number of rotatable bonds is 5. The van der Waals surface area contributed by atoms with Crippen LogP contribution in [0.15, 0.2) is 12.4 Å². The lowest BCUT2D eigenvalue weighted by molar-refractivity contribution is -0.143. The monoisotopic (exact) mass is 239 g/mol. The van der Waals surface area contributed by atoms with Gasteiger partial charge in [-0.2, -0.15) is 5.10 Å². The van der Waals surface area contributed by atoms with Crippen LogP contribution in [0.25, 0.3) is 0 Å². The first-order chi connectivity index (χ1) is 8.08. The molecule has 0 spiro atoms. The van der Waals surface area contributed by atoms with Gasteiger partial charge in [-0.3, -0.25) is 9.48 Å². The van der Waals surface area contributed by atoms with Crippen molar-refractivity contribution in [2.45, 2.75) is 25.8 Å². The van der Waals surface area contributed by atoms with E-state index in [0.29, 0.717) is 12.0 Å². The van der Waals surface area contributed by atoms with Crippen molar-refractivity contribution in [2.24, 2.45) is 7.05 Å². The van der Waals surface area contributed by atoms with Crippen LogP contribution in [-0.2, 0) is 16.6 Å². The van der Waals surface area contributed by atoms with Crippen molar-refractivity contribution in [3.63, 3.8) is 0 Å². The smallest absolute Gasteiger partial charge is 0.328 e. The Labute approximate surface area is 99.9 Å². The molecule has 1 atom stereocenters. The molecular formula is C11H17N3O3. The highest BCUT2D eigenvalue weighted by atomic mass is 16.5. The fraction of sp³-hybridized carbons (Fsp3) is 0.545. The molecule has 1 aromatic heterocycles. The van der Waals surface area contributed by atoms with E-state index in [2.05, 4.69) is 15.2 Å². The molecule has 1 N–H and O–H groups in total. The summed E-state index contributed by atoms with van der Waals surface area (Å²) in [5.74, 6) is -0.744. The minimum absolute atomic E-state index is 0.318. The number of ether oxygens (including phenoxy) is 1. The lowest BCUT2D eigenvalue weighted by Crippen LogP contribution is -2.41. The van der Waals surface area contributed by atoms with E-state index in [0.717, 1.165) is 6.42 Å². The van der Waals surface area contributed by atoms with Gasteiger partial charge in [-0.05, 0) is 6.42 Å². The molecule has 0 saturated heterocycles. The van der Waals surface area contributed by atoms with Gasteiger partial charge >= 0.3 is 5.97 Å². The highest BCUT2D eigenvalue weighted by Crippen LogP contribution is 2.02. The number of nitrogens with one attached hydrogen (secondary N) is 1. The fourth-order valence-electron chi connectivity index (χ4n) is 1.46. The molecule has 1 aromatic rings. The van der Waals surface area contributed by atoms with Crippen molar-refractivity contribution >= 4 is 11.9 Å². The molecule has 94 valence electrons. The van der Waals surface area contributed by atoms with E-state index in [4.69, 9.17) is 0 Å². The number of amides is 1. The number of aromatic nitrogens is 2. The van der Waals surface area contributed by atoms with Crippen molar-refractivity contribution in [1.29, 1.82) is 0 Å². The Kier molecular flexibility index (Phi) is 4.68. The van der Waals surface area contributed by atoms with Crippen molar-refractivity contribution in [1.82, 2.24) is 15.1 Å². The maximum Gasteiger partial charge on any atom is 0.328 e. The molecule has 17 heavy (non-hydrogen) atoms. The second kappa shape index (κ2) is 6.03. The first-order valence-electron chi connectivity index (χ1n) is 5.45. The van der Waals surface area contributed by atoms with Crippen molar-refractivity contribution in [2.75, 3.05) is 7.11 Å². The van der Waals surface area contributed by atoms with Gasteiger partial charge in [0.2, 0.25) is 0 Å². The quantitative estimate of drug-likeness (QED) is 0.759. The Morgan fingerprint density at radius 1 is 1.59 bits per heavy atom. The van der Waals surface area contributed by atoms with Gasteiger partial charge in [-0.25, -0.2) is 4.79 Å². The second-order valence-electron chi connectivity index (χ2n) is 3.74. The van der Waals surface area contributed by atoms with Crippen LogP contribution in [0.2, 0.25) is 0 Å². The van der Waals surface area contributed by atoms with E-state index in [1.165, 1.54) is 18.0 Å². The third-order valence-electron chi connectivity index (χ3n) is 2.34. The normalized spacial score (nSPS) is 11.9. The molecular weight excluding hydrogens is 222 g/mol. The van der Waals surface area contributed by atoms with Crippen LogP contribution in [0.5, 0.6) is 0 Å². The predicted octanol–water partition coefficient (Wildman–Crippen LogP) is 0.492. The summed E-state index contributed by atoms with van der Waals surface area (Å²) in [7, 11) is 3.03. The van der Waals surface area contributed by atoms with Gasteiger partial charge in [0.15, 0.2) is 0 Å². The average Bonchev–Trinajstić information content (AvgIpc) is 2.74. The molecule has 0 bridgehead atoms. The number of carbonyl (C=O) groups excluding carboxylic acids is 2. The van der Waals surface area contributed by atoms with Crippen LogP contribution < -0.4 is 5.32 Å². The number of nitrogens with zero attached hydrogens (tertiary/aromatic N) is 2. The Morgan fingerprint density at radius 3 is 2.76 bits per heavy atom. The number of esters is 1. The van der Waals surface area contributed by atoms with E-state index < -0.39 is 12.0 Å². The van der Waals surface area contributed by atoms with Gasteiger partial charge in [0, 0.05) is 13.2 Å². The van der Waals surface area contributed by atoms with Crippen molar-refractivity contribution < 1.29 is 14.3 Å². The Hall–Kier alpha value is -1.85. The molecule has 1 heterocycles. The largest absolute Gasteiger partial charge is 0.467 e. The molecule has 0 aliphatic heterocycles. The van der Waals surface area contributed by atoms with Crippen molar-refractivity contribution in [3.05, 3.63) is 18.0 Å². The Bertz CT molecular complexity index is 400. The van der Waals surface area contributed by atoms with Crippen molar-refractivity contribution in [3.8, 4) is 0 Å². The molecule has 1 amide bonds. The molecule has 0 radical (unpaired) electrons. The van der Waals surface area contributed by atoms with Gasteiger partial charge in [-0.15, -0.1) is 0 Å². The van der Waals surface area contributed by atoms with Crippen LogP contribution in [0, 0.1) is 0 Å². The minimum Gasteiger partial charge on any atom is -0.467 e. The summed E-state index contributed by atoms with van der Waals surface area (Å²) in [6.45, 7) is 1.94. The first kappa shape index (κ1) is 13.2. The molecule has 6 heteroatoms. The number of methoxy groups -OCH3 is 1. The number of aryl methyl sites for hydroxylation is 1. The second-order valence-corrected chi connectivity index (χ2v) is 3.74. The van der Waals surface area contributed by atoms with Crippen LogP contribution in [-0.4, -0.2) is 34.8 Å². The van der Waals surface area contributed by atoms with Gasteiger partial charge in [0.05, 0.1) is 18.9 Å². The maximum atomic E-state index is 11.8. The summed E-state index contributed by atoms with van der Waals surface area (Å²) in [5, 5.41) is 6.53. The van der Waals surface area contributed by atoms with E-state index in [9.17, 15) is 9.59 Å². The Morgan fingerprint density at radius 2 is 2.29 bits per heavy atom. The summed E-state index contributed by atoms with van der Waals surface area (Å²) in [6, 6.07) is -0.599. The van der Waals surface area contributed by atoms with Gasteiger partial charge in [-0.1, -0.05) is 13.3 Å². The molecule has 0 aliphatic carbocycles. The lowest BCUT2D eigenvalue weighted by atomic mass is 10.1. The number of hydrogen-bond donors (Lipinski definition) is 1. The van der Waals surface area contributed by atoms with Gasteiger partial charge in [0.1, 0.15) is 6.04 Å². The highest BCUT2D eigenvalue weighted by Gasteiger charge is 2.21. The summed E-state index contributed by atoms with van der Waals surface area (Å²) < 4.78 is 6.16. The zero-order valence-corrected chi connectivity index (χ0v) is 10.3. The molecule has 0 unspecified atom stereocenters. The molecule has 1 rings (SSSR count). The van der Waals surface area contributed by atoms with Crippen LogP contribution in [0.3, 0.4) is 0 Å². The third kappa shape index (κ3) is 3.58. The van der Waals surface area contributed by atoms with Crippen LogP contribution in [0.1, 0.15) is 30.1 Å². The SMILES string of the molecule is CCC[C@H](NC(=O)c1cnn(C)c1)C(=O)OC. The fourth-order valence-corrected chi connectivity index (χ4v) is 1.46. The first-order valence-corrected chi connectivity index (χ1v) is 5.45. The Balaban J connectivity index is 2.67. The summed E-state index contributed by atoms with van der Waals surface area (Å²) >= 11 is 0. The van der Waals surface area contributed by atoms with Gasteiger partial charge in [0.25, 0.3) is 5.91 Å². The van der Waals surface area contributed by atoms with Gasteiger partial charge < -0.3 is 10.1 Å². The highest BCUT2D eigenvalue weighted by molar-refractivity contribution is 5.96. The predicted molar refractivity (Wildman–Crippen MR) is 61.4 cm³/mol. The molecule has 0 aromatic carbocycles. The minimum atomic E-state index is -0.599. The molecule has 0 aliphatic rings. The van der Waals surface area contributed by atoms with E-state index in [1.807, 2.05) is 6.92 Å². The molecule has 0 fully saturated rings. The number of hydrogen-bond acceptors (Lipinski definition) is 4. The summed E-state index contributed by atoms with van der Waals surface area (Å²) in [6.07, 6.45) is 4.39. The van der Waals surface area contributed by atoms with E-state index in [1.54, 1.807) is 13.2 Å². The standard InChI is InChI=1S/C11H17N3O3/c1-4-5-9(11(16)17-3)13-10(15)8-6-12-14(2)7-8/h6-7,9H,4-5H2,1-3H3,(H,13,15)/t9-/m0/s1. The number of carbonyl (C=O) groups is 2. The van der Waals surface area contributed by atoms with Crippen LogP contribution in [0.4, 0.5) is 0 Å². The van der Waals surface area contributed by atoms with E-state index >= 15 is 0 Å². The average molecular weight is 239 g/mol. The zero-order chi connectivity index (χ0) is 12.8. The topological polar surface area (TPSA) is 73.2 Å². The zero-order valence-electron chi connectivity index (χ0n) is 10.3. The molecule has 6 nitrogen and oxygen atoms in total. The maximum absolute atomic E-state index is 11.8. The molecule has 0 saturated carbocycles.